The number of benzene rings is 4. The molecule has 4 aromatic rings. The lowest BCUT2D eigenvalue weighted by Crippen LogP contribution is -2.74. The highest BCUT2D eigenvalue weighted by Gasteiger charge is 2.55. The minimum atomic E-state index is -3.96. The van der Waals surface area contributed by atoms with Gasteiger partial charge in [0.25, 0.3) is 5.91 Å². The van der Waals surface area contributed by atoms with Gasteiger partial charge in [0, 0.05) is 6.54 Å². The third kappa shape index (κ3) is 5.36. The number of aliphatic hydroxyl groups is 1. The average Bonchev–Trinajstić information content (AvgIpc) is 3.19. The van der Waals surface area contributed by atoms with E-state index in [1.54, 1.807) is 13.8 Å². The van der Waals surface area contributed by atoms with Gasteiger partial charge in [-0.15, -0.1) is 0 Å². The third-order valence-corrected chi connectivity index (χ3v) is 14.8. The van der Waals surface area contributed by atoms with Crippen LogP contribution in [0.25, 0.3) is 0 Å². The second-order valence-corrected chi connectivity index (χ2v) is 16.5. The zero-order valence-electron chi connectivity index (χ0n) is 23.6. The second kappa shape index (κ2) is 12.1. The van der Waals surface area contributed by atoms with Crippen molar-refractivity contribution < 1.29 is 28.0 Å². The molecule has 3 amide bonds. The molecule has 4 aromatic carbocycles. The molecular formula is C32H34N2O6Si2. The van der Waals surface area contributed by atoms with Gasteiger partial charge in [0.15, 0.2) is 0 Å². The third-order valence-electron chi connectivity index (χ3n) is 7.55. The van der Waals surface area contributed by atoms with Crippen LogP contribution in [0.1, 0.15) is 13.8 Å². The maximum absolute atomic E-state index is 13.5. The van der Waals surface area contributed by atoms with Gasteiger partial charge in [0.2, 0.25) is 0 Å². The van der Waals surface area contributed by atoms with Gasteiger partial charge in [0.1, 0.15) is 12.3 Å². The summed E-state index contributed by atoms with van der Waals surface area (Å²) >= 11 is 0. The number of aliphatic hydroxyl groups excluding tert-OH is 1. The molecule has 216 valence electrons. The van der Waals surface area contributed by atoms with Gasteiger partial charge in [-0.3, -0.25) is 4.79 Å². The molecule has 2 N–H and O–H groups in total. The minimum Gasteiger partial charge on any atom is -0.404 e. The Hall–Kier alpha value is -3.91. The lowest BCUT2D eigenvalue weighted by Gasteiger charge is -2.39. The normalized spacial score (nSPS) is 15.3. The molecular weight excluding hydrogens is 565 g/mol. The van der Waals surface area contributed by atoms with Crippen LogP contribution in [0, 0.1) is 0 Å². The van der Waals surface area contributed by atoms with Crippen LogP contribution in [0.15, 0.2) is 121 Å². The van der Waals surface area contributed by atoms with Gasteiger partial charge < -0.3 is 23.3 Å². The highest BCUT2D eigenvalue weighted by Crippen LogP contribution is 2.28. The first-order valence-electron chi connectivity index (χ1n) is 13.8. The standard InChI is InChI=1S/C32H34N2O6Si2/c1-32(2)30(36)33(31(37)34(32)23-24-35)25-39-42(28-19-11-5-12-20-28,29-21-13-6-14-22-29)40-41(38,26-15-7-3-8-16-26)27-17-9-4-10-18-27/h3-22,35,38H,23-25H2,1-2H3. The van der Waals surface area contributed by atoms with E-state index < -0.39 is 41.3 Å². The number of hydrogen-bond donors (Lipinski definition) is 2. The Morgan fingerprint density at radius 2 is 1.10 bits per heavy atom. The molecule has 0 radical (unpaired) electrons. The van der Waals surface area contributed by atoms with Crippen molar-refractivity contribution >= 4 is 49.8 Å². The first-order chi connectivity index (χ1) is 20.2. The molecule has 1 saturated heterocycles. The number of nitrogens with zero attached hydrogens (tertiary/aromatic N) is 2. The topological polar surface area (TPSA) is 99.5 Å². The summed E-state index contributed by atoms with van der Waals surface area (Å²) < 4.78 is 13.9. The fraction of sp³-hybridized carbons (Fsp3) is 0.188. The van der Waals surface area contributed by atoms with Gasteiger partial charge in [-0.2, -0.15) is 0 Å². The van der Waals surface area contributed by atoms with E-state index in [0.29, 0.717) is 20.7 Å². The number of hydrogen-bond acceptors (Lipinski definition) is 6. The number of carbonyl (C=O) groups is 2. The maximum Gasteiger partial charge on any atom is 0.400 e. The lowest BCUT2D eigenvalue weighted by molar-refractivity contribution is -0.133. The average molecular weight is 599 g/mol. The Kier molecular flexibility index (Phi) is 8.55. The summed E-state index contributed by atoms with van der Waals surface area (Å²) in [4.78, 5) is 42.0. The van der Waals surface area contributed by atoms with Crippen LogP contribution in [0.3, 0.4) is 0 Å². The number of carbonyl (C=O) groups excluding carboxylic acids is 2. The Balaban J connectivity index is 1.67. The summed E-state index contributed by atoms with van der Waals surface area (Å²) in [6.45, 7) is 2.63. The molecule has 0 bridgehead atoms. The van der Waals surface area contributed by atoms with Gasteiger partial charge in [-0.25, -0.2) is 9.69 Å². The molecule has 0 spiro atoms. The number of imide groups is 1. The monoisotopic (exact) mass is 598 g/mol. The quantitative estimate of drug-likeness (QED) is 0.201. The van der Waals surface area contributed by atoms with Crippen LogP contribution in [-0.4, -0.2) is 74.2 Å². The van der Waals surface area contributed by atoms with Crippen LogP contribution in [0.5, 0.6) is 0 Å². The van der Waals surface area contributed by atoms with Crippen molar-refractivity contribution in [2.75, 3.05) is 19.9 Å². The van der Waals surface area contributed by atoms with E-state index in [4.69, 9.17) is 8.54 Å². The molecule has 0 atom stereocenters. The molecule has 1 fully saturated rings. The molecule has 5 rings (SSSR count). The fourth-order valence-corrected chi connectivity index (χ4v) is 12.9. The zero-order chi connectivity index (χ0) is 29.8. The Morgan fingerprint density at radius 3 is 1.50 bits per heavy atom. The predicted octanol–water partition coefficient (Wildman–Crippen LogP) is 1.52. The van der Waals surface area contributed by atoms with Crippen LogP contribution in [0.2, 0.25) is 0 Å². The van der Waals surface area contributed by atoms with E-state index in [9.17, 15) is 19.5 Å². The molecule has 1 aliphatic rings. The van der Waals surface area contributed by atoms with Crippen molar-refractivity contribution in [1.82, 2.24) is 9.80 Å². The van der Waals surface area contributed by atoms with Gasteiger partial charge >= 0.3 is 23.2 Å². The first kappa shape index (κ1) is 29.6. The van der Waals surface area contributed by atoms with Crippen LogP contribution < -0.4 is 20.7 Å². The van der Waals surface area contributed by atoms with Crippen molar-refractivity contribution in [3.63, 3.8) is 0 Å². The molecule has 0 unspecified atom stereocenters. The Morgan fingerprint density at radius 1 is 0.690 bits per heavy atom. The molecule has 42 heavy (non-hydrogen) atoms. The van der Waals surface area contributed by atoms with Crippen LogP contribution in [-0.2, 0) is 13.3 Å². The lowest BCUT2D eigenvalue weighted by atomic mass is 10.0. The van der Waals surface area contributed by atoms with Gasteiger partial charge in [-0.05, 0) is 34.6 Å². The van der Waals surface area contributed by atoms with E-state index in [1.165, 1.54) is 4.90 Å². The van der Waals surface area contributed by atoms with Crippen molar-refractivity contribution in [2.45, 2.75) is 19.4 Å². The zero-order valence-corrected chi connectivity index (χ0v) is 25.6. The van der Waals surface area contributed by atoms with Gasteiger partial charge in [0.05, 0.1) is 6.61 Å². The largest absolute Gasteiger partial charge is 0.404 e. The van der Waals surface area contributed by atoms with Crippen molar-refractivity contribution in [3.8, 4) is 0 Å². The highest BCUT2D eigenvalue weighted by atomic mass is 28.5. The second-order valence-electron chi connectivity index (χ2n) is 10.6. The maximum atomic E-state index is 13.5. The number of amides is 3. The van der Waals surface area contributed by atoms with Crippen LogP contribution in [0.4, 0.5) is 4.79 Å². The first-order valence-corrected chi connectivity index (χ1v) is 17.4. The van der Waals surface area contributed by atoms with Crippen molar-refractivity contribution in [3.05, 3.63) is 121 Å². The smallest absolute Gasteiger partial charge is 0.400 e. The minimum absolute atomic E-state index is 0.0131. The van der Waals surface area contributed by atoms with Crippen LogP contribution >= 0.6 is 0 Å². The van der Waals surface area contributed by atoms with Crippen molar-refractivity contribution in [1.29, 1.82) is 0 Å². The van der Waals surface area contributed by atoms with E-state index in [1.807, 2.05) is 121 Å². The summed E-state index contributed by atoms with van der Waals surface area (Å²) in [5.74, 6) is -0.441. The van der Waals surface area contributed by atoms with E-state index in [-0.39, 0.29) is 13.2 Å². The number of rotatable bonds is 11. The predicted molar refractivity (Wildman–Crippen MR) is 165 cm³/mol. The van der Waals surface area contributed by atoms with Gasteiger partial charge in [-0.1, -0.05) is 121 Å². The molecule has 0 aromatic heterocycles. The summed E-state index contributed by atoms with van der Waals surface area (Å²) in [6.07, 6.45) is 0. The molecule has 0 saturated carbocycles. The summed E-state index contributed by atoms with van der Waals surface area (Å²) in [5, 5.41) is 12.2. The molecule has 1 aliphatic heterocycles. The Bertz CT molecular complexity index is 1430. The van der Waals surface area contributed by atoms with E-state index in [2.05, 4.69) is 0 Å². The number of β-amino-alcohol motifs (C(OH)–C–C–N with tert-alkyl or cyclic N) is 1. The summed E-state index contributed by atoms with van der Waals surface area (Å²) in [6, 6.07) is 36.8. The molecule has 0 aliphatic carbocycles. The fourth-order valence-electron chi connectivity index (χ4n) is 5.28. The highest BCUT2D eigenvalue weighted by molar-refractivity contribution is 7.03. The van der Waals surface area contributed by atoms with Crippen molar-refractivity contribution in [2.24, 2.45) is 0 Å². The molecule has 1 heterocycles. The Labute approximate surface area is 247 Å². The molecule has 10 heteroatoms. The number of urea groups is 1. The van der Waals surface area contributed by atoms with E-state index in [0.717, 1.165) is 4.90 Å². The van der Waals surface area contributed by atoms with E-state index >= 15 is 0 Å². The summed E-state index contributed by atoms with van der Waals surface area (Å²) in [7, 11) is -7.83. The summed E-state index contributed by atoms with van der Waals surface area (Å²) in [5.41, 5.74) is -1.16. The SMILES string of the molecule is CC1(C)C(=O)N(CO[Si](O[Si](O)(c2ccccc2)c2ccccc2)(c2ccccc2)c2ccccc2)C(=O)N1CCO. The molecule has 8 nitrogen and oxygen atoms in total.